The second-order valence-corrected chi connectivity index (χ2v) is 6.60. The molecule has 0 unspecified atom stereocenters. The van der Waals surface area contributed by atoms with Crippen molar-refractivity contribution < 1.29 is 0 Å². The maximum atomic E-state index is 12.7. The zero-order valence-electron chi connectivity index (χ0n) is 13.8. The average molecular weight is 367 g/mol. The lowest BCUT2D eigenvalue weighted by Crippen LogP contribution is -2.21. The summed E-state index contributed by atoms with van der Waals surface area (Å²) in [5.74, 6) is 0.160. The molecule has 0 fully saturated rings. The highest BCUT2D eigenvalue weighted by atomic mass is 35.5. The SMILES string of the molecule is N#Cc1c(N)nc(-n2[nH]c3c(c2=O)CCCC3)nc1-c1ccc(Cl)cc1. The normalized spacial score (nSPS) is 13.2. The van der Waals surface area contributed by atoms with E-state index >= 15 is 0 Å². The standard InChI is InChI=1S/C18H15ClN6O/c19-11-7-5-10(6-8-11)15-13(9-20)16(21)23-18(22-15)25-17(26)12-3-1-2-4-14(12)24-25/h5-8,24H,1-4H2,(H2,21,22,23). The summed E-state index contributed by atoms with van der Waals surface area (Å²) in [5.41, 5.74) is 8.72. The van der Waals surface area contributed by atoms with E-state index in [4.69, 9.17) is 17.3 Å². The number of aromatic nitrogens is 4. The Bertz CT molecular complexity index is 1090. The molecule has 3 N–H and O–H groups in total. The third kappa shape index (κ3) is 2.65. The lowest BCUT2D eigenvalue weighted by Gasteiger charge is -2.09. The van der Waals surface area contributed by atoms with Crippen LogP contribution < -0.4 is 11.3 Å². The van der Waals surface area contributed by atoms with E-state index in [1.54, 1.807) is 24.3 Å². The van der Waals surface area contributed by atoms with Crippen molar-refractivity contribution in [3.63, 3.8) is 0 Å². The Hall–Kier alpha value is -3.11. The molecular formula is C18H15ClN6O. The minimum Gasteiger partial charge on any atom is -0.382 e. The van der Waals surface area contributed by atoms with Crippen LogP contribution in [0.5, 0.6) is 0 Å². The minimum atomic E-state index is -0.161. The second kappa shape index (κ2) is 6.32. The Balaban J connectivity index is 1.92. The fraction of sp³-hybridized carbons (Fsp3) is 0.222. The van der Waals surface area contributed by atoms with Crippen molar-refractivity contribution >= 4 is 17.4 Å². The summed E-state index contributed by atoms with van der Waals surface area (Å²) in [5, 5.41) is 13.1. The van der Waals surface area contributed by atoms with E-state index in [-0.39, 0.29) is 22.9 Å². The van der Waals surface area contributed by atoms with Crippen LogP contribution in [0, 0.1) is 11.3 Å². The Kier molecular flexibility index (Phi) is 3.98. The first kappa shape index (κ1) is 16.4. The fourth-order valence-electron chi connectivity index (χ4n) is 3.22. The van der Waals surface area contributed by atoms with Gasteiger partial charge in [-0.2, -0.15) is 14.9 Å². The Morgan fingerprint density at radius 3 is 2.62 bits per heavy atom. The average Bonchev–Trinajstić information content (AvgIpc) is 2.99. The van der Waals surface area contributed by atoms with E-state index in [2.05, 4.69) is 15.1 Å². The number of nitriles is 1. The number of nitrogens with zero attached hydrogens (tertiary/aromatic N) is 4. The molecule has 7 nitrogen and oxygen atoms in total. The lowest BCUT2D eigenvalue weighted by molar-refractivity contribution is 0.669. The van der Waals surface area contributed by atoms with Gasteiger partial charge in [0.2, 0.25) is 0 Å². The van der Waals surface area contributed by atoms with Crippen LogP contribution in [0.1, 0.15) is 29.7 Å². The Morgan fingerprint density at radius 1 is 1.19 bits per heavy atom. The zero-order valence-corrected chi connectivity index (χ0v) is 14.5. The molecule has 1 aliphatic rings. The van der Waals surface area contributed by atoms with Gasteiger partial charge in [-0.05, 0) is 37.8 Å². The van der Waals surface area contributed by atoms with Crippen molar-refractivity contribution in [2.75, 3.05) is 5.73 Å². The third-order valence-electron chi connectivity index (χ3n) is 4.53. The molecule has 4 rings (SSSR count). The molecule has 0 bridgehead atoms. The number of fused-ring (bicyclic) bond motifs is 1. The molecular weight excluding hydrogens is 352 g/mol. The number of aromatic amines is 1. The van der Waals surface area contributed by atoms with Crippen molar-refractivity contribution in [1.29, 1.82) is 5.26 Å². The molecule has 130 valence electrons. The minimum absolute atomic E-state index is 0.0296. The number of benzene rings is 1. The molecule has 26 heavy (non-hydrogen) atoms. The van der Waals surface area contributed by atoms with Gasteiger partial charge in [0.1, 0.15) is 17.5 Å². The fourth-order valence-corrected chi connectivity index (χ4v) is 3.34. The first-order chi connectivity index (χ1) is 12.6. The molecule has 0 aliphatic heterocycles. The van der Waals surface area contributed by atoms with Crippen LogP contribution in [0.2, 0.25) is 5.02 Å². The first-order valence-electron chi connectivity index (χ1n) is 8.25. The van der Waals surface area contributed by atoms with Gasteiger partial charge in [-0.1, -0.05) is 23.7 Å². The van der Waals surface area contributed by atoms with Gasteiger partial charge in [-0.15, -0.1) is 0 Å². The number of halogens is 1. The predicted octanol–water partition coefficient (Wildman–Crippen LogP) is 2.61. The molecule has 2 aromatic heterocycles. The van der Waals surface area contributed by atoms with E-state index in [0.717, 1.165) is 36.9 Å². The van der Waals surface area contributed by atoms with Gasteiger partial charge in [0.25, 0.3) is 11.5 Å². The summed E-state index contributed by atoms with van der Waals surface area (Å²) in [6.07, 6.45) is 3.60. The molecule has 8 heteroatoms. The van der Waals surface area contributed by atoms with Gasteiger partial charge in [-0.3, -0.25) is 9.89 Å². The van der Waals surface area contributed by atoms with Crippen LogP contribution in [0.15, 0.2) is 29.1 Å². The van der Waals surface area contributed by atoms with Gasteiger partial charge < -0.3 is 5.73 Å². The van der Waals surface area contributed by atoms with Gasteiger partial charge in [0.15, 0.2) is 0 Å². The van der Waals surface area contributed by atoms with Crippen molar-refractivity contribution in [1.82, 2.24) is 19.7 Å². The van der Waals surface area contributed by atoms with Gasteiger partial charge in [-0.25, -0.2) is 4.98 Å². The van der Waals surface area contributed by atoms with Crippen LogP contribution in [-0.2, 0) is 12.8 Å². The summed E-state index contributed by atoms with van der Waals surface area (Å²) in [6.45, 7) is 0. The van der Waals surface area contributed by atoms with Crippen LogP contribution in [0.25, 0.3) is 17.2 Å². The molecule has 0 saturated carbocycles. The topological polar surface area (TPSA) is 113 Å². The Labute approximate surface area is 154 Å². The van der Waals surface area contributed by atoms with Crippen LogP contribution >= 0.6 is 11.6 Å². The number of hydrogen-bond donors (Lipinski definition) is 2. The maximum absolute atomic E-state index is 12.7. The summed E-state index contributed by atoms with van der Waals surface area (Å²) in [4.78, 5) is 21.3. The number of nitrogens with one attached hydrogen (secondary N) is 1. The monoisotopic (exact) mass is 366 g/mol. The van der Waals surface area contributed by atoms with Gasteiger partial charge in [0.05, 0.1) is 5.69 Å². The summed E-state index contributed by atoms with van der Waals surface area (Å²) >= 11 is 5.94. The predicted molar refractivity (Wildman–Crippen MR) is 98.2 cm³/mol. The zero-order chi connectivity index (χ0) is 18.3. The number of rotatable bonds is 2. The van der Waals surface area contributed by atoms with E-state index < -0.39 is 0 Å². The molecule has 3 aromatic rings. The molecule has 2 heterocycles. The number of aryl methyl sites for hydroxylation is 1. The molecule has 1 aliphatic carbocycles. The molecule has 0 saturated heterocycles. The van der Waals surface area contributed by atoms with Gasteiger partial charge >= 0.3 is 0 Å². The summed E-state index contributed by atoms with van der Waals surface area (Å²) in [7, 11) is 0. The van der Waals surface area contributed by atoms with E-state index in [1.165, 1.54) is 4.68 Å². The van der Waals surface area contributed by atoms with Crippen molar-refractivity contribution in [3.8, 4) is 23.3 Å². The van der Waals surface area contributed by atoms with E-state index in [9.17, 15) is 10.1 Å². The third-order valence-corrected chi connectivity index (χ3v) is 4.78. The number of hydrogen-bond acceptors (Lipinski definition) is 5. The number of anilines is 1. The highest BCUT2D eigenvalue weighted by Crippen LogP contribution is 2.27. The smallest absolute Gasteiger partial charge is 0.277 e. The summed E-state index contributed by atoms with van der Waals surface area (Å²) < 4.78 is 1.31. The highest BCUT2D eigenvalue weighted by Gasteiger charge is 2.21. The van der Waals surface area contributed by atoms with Crippen LogP contribution in [0.3, 0.4) is 0 Å². The molecule has 0 atom stereocenters. The van der Waals surface area contributed by atoms with Gasteiger partial charge in [0, 0.05) is 21.8 Å². The molecule has 1 aromatic carbocycles. The number of nitrogen functional groups attached to an aromatic ring is 1. The van der Waals surface area contributed by atoms with E-state index in [1.807, 2.05) is 6.07 Å². The maximum Gasteiger partial charge on any atom is 0.277 e. The highest BCUT2D eigenvalue weighted by molar-refractivity contribution is 6.30. The second-order valence-electron chi connectivity index (χ2n) is 6.17. The van der Waals surface area contributed by atoms with Crippen LogP contribution in [0.4, 0.5) is 5.82 Å². The van der Waals surface area contributed by atoms with Crippen molar-refractivity contribution in [2.45, 2.75) is 25.7 Å². The van der Waals surface area contributed by atoms with Crippen LogP contribution in [-0.4, -0.2) is 19.7 Å². The molecule has 0 radical (unpaired) electrons. The molecule has 0 spiro atoms. The van der Waals surface area contributed by atoms with Crippen molar-refractivity contribution in [2.24, 2.45) is 0 Å². The lowest BCUT2D eigenvalue weighted by atomic mass is 9.98. The van der Waals surface area contributed by atoms with Crippen molar-refractivity contribution in [3.05, 3.63) is 56.5 Å². The number of H-pyrrole nitrogens is 1. The number of nitrogens with two attached hydrogens (primary N) is 1. The largest absolute Gasteiger partial charge is 0.382 e. The molecule has 0 amide bonds. The first-order valence-corrected chi connectivity index (χ1v) is 8.63. The van der Waals surface area contributed by atoms with E-state index in [0.29, 0.717) is 16.3 Å². The quantitative estimate of drug-likeness (QED) is 0.723. The Morgan fingerprint density at radius 2 is 1.92 bits per heavy atom. The summed E-state index contributed by atoms with van der Waals surface area (Å²) in [6, 6.07) is 8.94.